The van der Waals surface area contributed by atoms with Gasteiger partial charge in [0.1, 0.15) is 5.72 Å². The Balaban J connectivity index is 2.02. The summed E-state index contributed by atoms with van der Waals surface area (Å²) >= 11 is 0. The molecule has 0 aromatic carbocycles. The highest BCUT2D eigenvalue weighted by molar-refractivity contribution is 4.89. The molecule has 88 valence electrons. The Morgan fingerprint density at radius 2 is 1.93 bits per heavy atom. The van der Waals surface area contributed by atoms with E-state index in [1.165, 1.54) is 32.1 Å². The van der Waals surface area contributed by atoms with Crippen molar-refractivity contribution in [1.82, 2.24) is 5.32 Å². The molecule has 2 unspecified atom stereocenters. The summed E-state index contributed by atoms with van der Waals surface area (Å²) in [6.45, 7) is 8.11. The van der Waals surface area contributed by atoms with Crippen molar-refractivity contribution in [3.05, 3.63) is 0 Å². The minimum absolute atomic E-state index is 0.0193. The fourth-order valence-electron chi connectivity index (χ4n) is 2.93. The highest BCUT2D eigenvalue weighted by Gasteiger charge is 2.39. The Hall–Kier alpha value is -0.0800. The molecule has 1 saturated heterocycles. The average molecular weight is 211 g/mol. The monoisotopic (exact) mass is 211 g/mol. The van der Waals surface area contributed by atoms with Gasteiger partial charge in [0, 0.05) is 6.54 Å². The third kappa shape index (κ3) is 2.73. The van der Waals surface area contributed by atoms with E-state index in [9.17, 15) is 0 Å². The van der Waals surface area contributed by atoms with Gasteiger partial charge in [-0.2, -0.15) is 0 Å². The normalized spacial score (nSPS) is 41.4. The van der Waals surface area contributed by atoms with E-state index in [4.69, 9.17) is 4.74 Å². The molecule has 0 aromatic heterocycles. The molecule has 2 fully saturated rings. The van der Waals surface area contributed by atoms with Gasteiger partial charge in [0.2, 0.25) is 0 Å². The fraction of sp³-hybridized carbons (Fsp3) is 1.00. The first kappa shape index (κ1) is 11.4. The summed E-state index contributed by atoms with van der Waals surface area (Å²) < 4.78 is 6.18. The van der Waals surface area contributed by atoms with Gasteiger partial charge >= 0.3 is 0 Å². The van der Waals surface area contributed by atoms with Gasteiger partial charge in [-0.15, -0.1) is 0 Å². The quantitative estimate of drug-likeness (QED) is 0.665. The van der Waals surface area contributed by atoms with Crippen molar-refractivity contribution < 1.29 is 4.74 Å². The molecule has 0 radical (unpaired) electrons. The summed E-state index contributed by atoms with van der Waals surface area (Å²) in [7, 11) is 0. The van der Waals surface area contributed by atoms with Gasteiger partial charge in [0.15, 0.2) is 0 Å². The second kappa shape index (κ2) is 4.06. The van der Waals surface area contributed by atoms with E-state index in [2.05, 4.69) is 26.1 Å². The SMILES string of the molecule is CC1CCNC2(CCCC(C)(C)CC2)O1. The summed E-state index contributed by atoms with van der Waals surface area (Å²) in [6, 6.07) is 0. The molecular weight excluding hydrogens is 186 g/mol. The third-order valence-corrected chi connectivity index (χ3v) is 4.06. The Labute approximate surface area is 93.8 Å². The van der Waals surface area contributed by atoms with Gasteiger partial charge < -0.3 is 4.74 Å². The summed E-state index contributed by atoms with van der Waals surface area (Å²) in [4.78, 5) is 0. The van der Waals surface area contributed by atoms with E-state index in [1.54, 1.807) is 0 Å². The Morgan fingerprint density at radius 3 is 2.67 bits per heavy atom. The van der Waals surface area contributed by atoms with Crippen LogP contribution < -0.4 is 5.32 Å². The molecule has 0 amide bonds. The molecule has 1 heterocycles. The molecule has 1 spiro atoms. The van der Waals surface area contributed by atoms with E-state index in [1.807, 2.05) is 0 Å². The minimum atomic E-state index is 0.0193. The highest BCUT2D eigenvalue weighted by Crippen LogP contribution is 2.40. The largest absolute Gasteiger partial charge is 0.358 e. The van der Waals surface area contributed by atoms with Crippen LogP contribution in [0.1, 0.15) is 59.3 Å². The van der Waals surface area contributed by atoms with Crippen LogP contribution in [0.15, 0.2) is 0 Å². The van der Waals surface area contributed by atoms with Gasteiger partial charge in [0.05, 0.1) is 6.10 Å². The number of nitrogens with one attached hydrogen (secondary N) is 1. The second-order valence-corrected chi connectivity index (χ2v) is 6.16. The van der Waals surface area contributed by atoms with Crippen LogP contribution in [0.5, 0.6) is 0 Å². The molecule has 1 N–H and O–H groups in total. The van der Waals surface area contributed by atoms with Crippen molar-refractivity contribution in [2.24, 2.45) is 5.41 Å². The van der Waals surface area contributed by atoms with Crippen molar-refractivity contribution in [2.75, 3.05) is 6.54 Å². The van der Waals surface area contributed by atoms with Gasteiger partial charge in [0.25, 0.3) is 0 Å². The van der Waals surface area contributed by atoms with Crippen molar-refractivity contribution in [1.29, 1.82) is 0 Å². The van der Waals surface area contributed by atoms with Gasteiger partial charge in [-0.1, -0.05) is 13.8 Å². The Morgan fingerprint density at radius 1 is 1.13 bits per heavy atom. The summed E-state index contributed by atoms with van der Waals surface area (Å²) in [5.74, 6) is 0. The zero-order valence-electron chi connectivity index (χ0n) is 10.4. The van der Waals surface area contributed by atoms with E-state index >= 15 is 0 Å². The Bertz CT molecular complexity index is 227. The zero-order chi connectivity index (χ0) is 10.9. The smallest absolute Gasteiger partial charge is 0.119 e. The van der Waals surface area contributed by atoms with Crippen molar-refractivity contribution in [2.45, 2.75) is 71.1 Å². The molecule has 0 aromatic rings. The van der Waals surface area contributed by atoms with Crippen LogP contribution in [-0.4, -0.2) is 18.4 Å². The fourth-order valence-corrected chi connectivity index (χ4v) is 2.93. The van der Waals surface area contributed by atoms with E-state index in [0.717, 1.165) is 13.0 Å². The number of hydrogen-bond acceptors (Lipinski definition) is 2. The average Bonchev–Trinajstić information content (AvgIpc) is 2.27. The van der Waals surface area contributed by atoms with Crippen LogP contribution in [-0.2, 0) is 4.74 Å². The van der Waals surface area contributed by atoms with Crippen molar-refractivity contribution in [3.8, 4) is 0 Å². The van der Waals surface area contributed by atoms with E-state index < -0.39 is 0 Å². The lowest BCUT2D eigenvalue weighted by Crippen LogP contribution is -2.54. The van der Waals surface area contributed by atoms with Gasteiger partial charge in [-0.25, -0.2) is 0 Å². The molecule has 2 aliphatic rings. The molecule has 15 heavy (non-hydrogen) atoms. The molecule has 2 nitrogen and oxygen atoms in total. The first-order valence-electron chi connectivity index (χ1n) is 6.44. The highest BCUT2D eigenvalue weighted by atomic mass is 16.5. The van der Waals surface area contributed by atoms with Crippen LogP contribution in [0, 0.1) is 5.41 Å². The molecule has 1 aliphatic heterocycles. The number of ether oxygens (including phenoxy) is 1. The second-order valence-electron chi connectivity index (χ2n) is 6.16. The lowest BCUT2D eigenvalue weighted by Gasteiger charge is -2.41. The van der Waals surface area contributed by atoms with E-state index in [-0.39, 0.29) is 5.72 Å². The van der Waals surface area contributed by atoms with Crippen molar-refractivity contribution in [3.63, 3.8) is 0 Å². The van der Waals surface area contributed by atoms with Crippen LogP contribution in [0.2, 0.25) is 0 Å². The first-order valence-corrected chi connectivity index (χ1v) is 6.44. The molecule has 1 saturated carbocycles. The lowest BCUT2D eigenvalue weighted by molar-refractivity contribution is -0.144. The van der Waals surface area contributed by atoms with Crippen LogP contribution in [0.3, 0.4) is 0 Å². The summed E-state index contributed by atoms with van der Waals surface area (Å²) in [5.41, 5.74) is 0.528. The Kier molecular flexibility index (Phi) is 3.09. The van der Waals surface area contributed by atoms with Crippen LogP contribution in [0.4, 0.5) is 0 Å². The maximum absolute atomic E-state index is 6.18. The van der Waals surface area contributed by atoms with E-state index in [0.29, 0.717) is 11.5 Å². The molecule has 2 atom stereocenters. The number of rotatable bonds is 0. The maximum atomic E-state index is 6.18. The van der Waals surface area contributed by atoms with Gasteiger partial charge in [-0.05, 0) is 50.9 Å². The van der Waals surface area contributed by atoms with Crippen molar-refractivity contribution >= 4 is 0 Å². The van der Waals surface area contributed by atoms with Crippen LogP contribution in [0.25, 0.3) is 0 Å². The topological polar surface area (TPSA) is 21.3 Å². The third-order valence-electron chi connectivity index (χ3n) is 4.06. The molecule has 0 bridgehead atoms. The maximum Gasteiger partial charge on any atom is 0.119 e. The number of hydrogen-bond donors (Lipinski definition) is 1. The lowest BCUT2D eigenvalue weighted by atomic mass is 9.85. The minimum Gasteiger partial charge on any atom is -0.358 e. The molecule has 1 aliphatic carbocycles. The summed E-state index contributed by atoms with van der Waals surface area (Å²) in [5, 5.41) is 3.62. The summed E-state index contributed by atoms with van der Waals surface area (Å²) in [6.07, 6.45) is 7.90. The van der Waals surface area contributed by atoms with Crippen LogP contribution >= 0.6 is 0 Å². The molecular formula is C13H25NO. The molecule has 2 heteroatoms. The predicted molar refractivity (Wildman–Crippen MR) is 62.8 cm³/mol. The standard InChI is InChI=1S/C13H25NO/c1-11-5-10-14-13(15-11)7-4-6-12(2,3)8-9-13/h11,14H,4-10H2,1-3H3. The predicted octanol–water partition coefficient (Wildman–Crippen LogP) is 3.07. The molecule has 2 rings (SSSR count). The van der Waals surface area contributed by atoms with Gasteiger partial charge in [-0.3, -0.25) is 5.32 Å². The zero-order valence-corrected chi connectivity index (χ0v) is 10.4. The first-order chi connectivity index (χ1) is 7.02.